The van der Waals surface area contributed by atoms with Crippen LogP contribution in [0.1, 0.15) is 21.7 Å². The molecule has 0 saturated carbocycles. The van der Waals surface area contributed by atoms with Crippen molar-refractivity contribution in [3.05, 3.63) is 95.6 Å². The van der Waals surface area contributed by atoms with Crippen LogP contribution in [0, 0.1) is 5.82 Å². The Morgan fingerprint density at radius 3 is 2.47 bits per heavy atom. The van der Waals surface area contributed by atoms with Crippen LogP contribution in [0.4, 0.5) is 23.2 Å². The first-order chi connectivity index (χ1) is 17.3. The SMILES string of the molecule is COc1ccc(-n2c(CNc3cccc(C(F)(F)F)c3)nnc2SCC(=O)c2ccccc2F)cc1. The molecule has 0 atom stereocenters. The van der Waals surface area contributed by atoms with Crippen molar-refractivity contribution in [2.75, 3.05) is 18.2 Å². The summed E-state index contributed by atoms with van der Waals surface area (Å²) in [5.74, 6) is -0.0782. The summed E-state index contributed by atoms with van der Waals surface area (Å²) in [6.07, 6.45) is -4.46. The second-order valence-electron chi connectivity index (χ2n) is 7.56. The van der Waals surface area contributed by atoms with Gasteiger partial charge in [-0.15, -0.1) is 10.2 Å². The molecule has 6 nitrogen and oxygen atoms in total. The molecule has 0 radical (unpaired) electrons. The van der Waals surface area contributed by atoms with Gasteiger partial charge < -0.3 is 10.1 Å². The molecular formula is C25H20F4N4O2S. The number of aromatic nitrogens is 3. The lowest BCUT2D eigenvalue weighted by molar-refractivity contribution is -0.137. The fourth-order valence-electron chi connectivity index (χ4n) is 3.38. The van der Waals surface area contributed by atoms with E-state index in [4.69, 9.17) is 4.74 Å². The number of alkyl halides is 3. The summed E-state index contributed by atoms with van der Waals surface area (Å²) in [6.45, 7) is 0.0577. The van der Waals surface area contributed by atoms with Crippen molar-refractivity contribution in [1.29, 1.82) is 0 Å². The topological polar surface area (TPSA) is 69.0 Å². The average molecular weight is 517 g/mol. The van der Waals surface area contributed by atoms with Gasteiger partial charge in [-0.25, -0.2) is 4.39 Å². The number of nitrogens with one attached hydrogen (secondary N) is 1. The Morgan fingerprint density at radius 1 is 1.03 bits per heavy atom. The highest BCUT2D eigenvalue weighted by atomic mass is 32.2. The quantitative estimate of drug-likeness (QED) is 0.167. The van der Waals surface area contributed by atoms with Crippen LogP contribution in [0.2, 0.25) is 0 Å². The zero-order valence-corrected chi connectivity index (χ0v) is 19.7. The molecule has 11 heteroatoms. The molecule has 0 aliphatic heterocycles. The Labute approximate surface area is 208 Å². The third-order valence-electron chi connectivity index (χ3n) is 5.18. The van der Waals surface area contributed by atoms with Crippen LogP contribution in [0.15, 0.2) is 78.0 Å². The number of halogens is 4. The number of thioether (sulfide) groups is 1. The van der Waals surface area contributed by atoms with Crippen LogP contribution in [-0.2, 0) is 12.7 Å². The number of hydrogen-bond donors (Lipinski definition) is 1. The van der Waals surface area contributed by atoms with Crippen molar-refractivity contribution in [1.82, 2.24) is 14.8 Å². The number of carbonyl (C=O) groups is 1. The summed E-state index contributed by atoms with van der Waals surface area (Å²) in [6, 6.07) is 17.5. The standard InChI is InChI=1S/C25H20F4N4O2S/c1-35-19-11-9-18(10-12-19)33-23(14-30-17-6-4-5-16(13-17)25(27,28)29)31-32-24(33)36-15-22(34)20-7-2-3-8-21(20)26/h2-13,30H,14-15H2,1H3. The summed E-state index contributed by atoms with van der Waals surface area (Å²) in [7, 11) is 1.54. The number of nitrogens with zero attached hydrogens (tertiary/aromatic N) is 3. The Balaban J connectivity index is 1.59. The zero-order valence-electron chi connectivity index (χ0n) is 18.9. The van der Waals surface area contributed by atoms with E-state index in [1.54, 1.807) is 34.9 Å². The monoisotopic (exact) mass is 516 g/mol. The van der Waals surface area contributed by atoms with E-state index in [-0.39, 0.29) is 23.5 Å². The number of ether oxygens (including phenoxy) is 1. The largest absolute Gasteiger partial charge is 0.497 e. The maximum atomic E-state index is 14.0. The number of methoxy groups -OCH3 is 1. The molecule has 3 aromatic carbocycles. The minimum atomic E-state index is -4.46. The number of anilines is 1. The van der Waals surface area contributed by atoms with Gasteiger partial charge in [0.05, 0.1) is 30.5 Å². The molecule has 4 aromatic rings. The van der Waals surface area contributed by atoms with Crippen LogP contribution >= 0.6 is 11.8 Å². The van der Waals surface area contributed by atoms with Crippen LogP contribution in [0.3, 0.4) is 0 Å². The van der Waals surface area contributed by atoms with Gasteiger partial charge in [0, 0.05) is 11.4 Å². The van der Waals surface area contributed by atoms with Crippen LogP contribution in [-0.4, -0.2) is 33.4 Å². The van der Waals surface area contributed by atoms with Crippen molar-refractivity contribution in [3.63, 3.8) is 0 Å². The molecule has 0 unspecified atom stereocenters. The van der Waals surface area contributed by atoms with Crippen molar-refractivity contribution in [3.8, 4) is 11.4 Å². The molecule has 0 bridgehead atoms. The lowest BCUT2D eigenvalue weighted by Gasteiger charge is -2.13. The minimum Gasteiger partial charge on any atom is -0.497 e. The molecule has 186 valence electrons. The highest BCUT2D eigenvalue weighted by Crippen LogP contribution is 2.31. The van der Waals surface area contributed by atoms with E-state index in [2.05, 4.69) is 15.5 Å². The van der Waals surface area contributed by atoms with Gasteiger partial charge in [0.15, 0.2) is 16.8 Å². The number of carbonyl (C=O) groups excluding carboxylic acids is 1. The summed E-state index contributed by atoms with van der Waals surface area (Å²) in [5, 5.41) is 11.7. The van der Waals surface area contributed by atoms with Crippen LogP contribution in [0.25, 0.3) is 5.69 Å². The second-order valence-corrected chi connectivity index (χ2v) is 8.50. The third kappa shape index (κ3) is 5.85. The van der Waals surface area contributed by atoms with E-state index in [1.807, 2.05) is 0 Å². The number of benzene rings is 3. The molecular weight excluding hydrogens is 496 g/mol. The molecule has 1 N–H and O–H groups in total. The van der Waals surface area contributed by atoms with E-state index >= 15 is 0 Å². The van der Waals surface area contributed by atoms with Gasteiger partial charge in [0.1, 0.15) is 11.6 Å². The Hall–Kier alpha value is -3.86. The Bertz CT molecular complexity index is 1360. The first-order valence-electron chi connectivity index (χ1n) is 10.7. The van der Waals surface area contributed by atoms with Gasteiger partial charge >= 0.3 is 6.18 Å². The van der Waals surface area contributed by atoms with Gasteiger partial charge in [-0.05, 0) is 54.6 Å². The molecule has 0 spiro atoms. The lowest BCUT2D eigenvalue weighted by atomic mass is 10.1. The molecule has 0 fully saturated rings. The van der Waals surface area contributed by atoms with E-state index in [9.17, 15) is 22.4 Å². The molecule has 1 aromatic heterocycles. The van der Waals surface area contributed by atoms with E-state index in [1.165, 1.54) is 37.4 Å². The average Bonchev–Trinajstić information content (AvgIpc) is 3.28. The zero-order chi connectivity index (χ0) is 25.7. The smallest absolute Gasteiger partial charge is 0.416 e. The van der Waals surface area contributed by atoms with Crippen molar-refractivity contribution >= 4 is 23.2 Å². The first-order valence-corrected chi connectivity index (χ1v) is 11.6. The molecule has 0 amide bonds. The van der Waals surface area contributed by atoms with E-state index < -0.39 is 23.3 Å². The maximum absolute atomic E-state index is 14.0. The Kier molecular flexibility index (Phi) is 7.58. The number of ketones is 1. The normalized spacial score (nSPS) is 11.4. The Morgan fingerprint density at radius 2 is 1.78 bits per heavy atom. The molecule has 36 heavy (non-hydrogen) atoms. The highest BCUT2D eigenvalue weighted by molar-refractivity contribution is 7.99. The van der Waals surface area contributed by atoms with Gasteiger partial charge in [-0.3, -0.25) is 9.36 Å². The molecule has 0 aliphatic rings. The van der Waals surface area contributed by atoms with Crippen molar-refractivity contribution < 1.29 is 27.1 Å². The van der Waals surface area contributed by atoms with Crippen LogP contribution in [0.5, 0.6) is 5.75 Å². The van der Waals surface area contributed by atoms with Crippen molar-refractivity contribution in [2.45, 2.75) is 17.9 Å². The van der Waals surface area contributed by atoms with Crippen molar-refractivity contribution in [2.24, 2.45) is 0 Å². The molecule has 1 heterocycles. The summed E-state index contributed by atoms with van der Waals surface area (Å²) < 4.78 is 60.1. The number of rotatable bonds is 9. The maximum Gasteiger partial charge on any atom is 0.416 e. The summed E-state index contributed by atoms with van der Waals surface area (Å²) in [4.78, 5) is 12.6. The van der Waals surface area contributed by atoms with Gasteiger partial charge in [-0.2, -0.15) is 13.2 Å². The predicted octanol–water partition coefficient (Wildman–Crippen LogP) is 6.02. The molecule has 0 saturated heterocycles. The van der Waals surface area contributed by atoms with Gasteiger partial charge in [-0.1, -0.05) is 30.0 Å². The van der Waals surface area contributed by atoms with Gasteiger partial charge in [0.25, 0.3) is 0 Å². The van der Waals surface area contributed by atoms with E-state index in [0.717, 1.165) is 23.9 Å². The first kappa shape index (κ1) is 25.2. The van der Waals surface area contributed by atoms with E-state index in [0.29, 0.717) is 22.4 Å². The summed E-state index contributed by atoms with van der Waals surface area (Å²) >= 11 is 1.08. The van der Waals surface area contributed by atoms with Crippen LogP contribution < -0.4 is 10.1 Å². The fourth-order valence-corrected chi connectivity index (χ4v) is 4.23. The third-order valence-corrected chi connectivity index (χ3v) is 6.11. The van der Waals surface area contributed by atoms with Gasteiger partial charge in [0.2, 0.25) is 0 Å². The fraction of sp³-hybridized carbons (Fsp3) is 0.160. The molecule has 0 aliphatic carbocycles. The minimum absolute atomic E-state index is 0.0213. The second kappa shape index (κ2) is 10.8. The predicted molar refractivity (Wildman–Crippen MR) is 128 cm³/mol. The highest BCUT2D eigenvalue weighted by Gasteiger charge is 2.30. The summed E-state index contributed by atoms with van der Waals surface area (Å²) in [5.41, 5.74) is 0.125. The molecule has 4 rings (SSSR count). The lowest BCUT2D eigenvalue weighted by Crippen LogP contribution is -2.10. The number of hydrogen-bond acceptors (Lipinski definition) is 6. The number of Topliss-reactive ketones (excluding diaryl/α,β-unsaturated/α-hetero) is 1.